The zero-order valence-corrected chi connectivity index (χ0v) is 8.47. The lowest BCUT2D eigenvalue weighted by Gasteiger charge is -2.15. The molecule has 2 atom stereocenters. The van der Waals surface area contributed by atoms with Gasteiger partial charge in [-0.3, -0.25) is 4.79 Å². The van der Waals surface area contributed by atoms with Crippen LogP contribution in [0.15, 0.2) is 0 Å². The Morgan fingerprint density at radius 2 is 1.67 bits per heavy atom. The first-order valence-corrected chi connectivity index (χ1v) is 4.93. The molecule has 1 amide bonds. The molecule has 1 aliphatic rings. The van der Waals surface area contributed by atoms with E-state index in [2.05, 4.69) is 13.8 Å². The molecule has 2 nitrogen and oxygen atoms in total. The van der Waals surface area contributed by atoms with Crippen LogP contribution < -0.4 is 0 Å². The van der Waals surface area contributed by atoms with Gasteiger partial charge >= 0.3 is 5.37 Å². The van der Waals surface area contributed by atoms with E-state index in [0.717, 1.165) is 25.9 Å². The summed E-state index contributed by atoms with van der Waals surface area (Å²) in [6.45, 7) is 6.14. The van der Waals surface area contributed by atoms with Gasteiger partial charge in [-0.25, -0.2) is 0 Å². The summed E-state index contributed by atoms with van der Waals surface area (Å²) in [7, 11) is 0. The van der Waals surface area contributed by atoms with Gasteiger partial charge in [0, 0.05) is 13.1 Å². The Labute approximate surface area is 78.9 Å². The quantitative estimate of drug-likeness (QED) is 0.424. The predicted octanol–water partition coefficient (Wildman–Crippen LogP) is 2.71. The van der Waals surface area contributed by atoms with E-state index in [4.69, 9.17) is 11.6 Å². The molecule has 3 heteroatoms. The van der Waals surface area contributed by atoms with Gasteiger partial charge in [0.05, 0.1) is 0 Å². The Bertz CT molecular complexity index is 160. The first-order valence-electron chi connectivity index (χ1n) is 4.55. The van der Waals surface area contributed by atoms with Gasteiger partial charge in [-0.15, -0.1) is 0 Å². The number of halogens is 1. The zero-order chi connectivity index (χ0) is 9.14. The van der Waals surface area contributed by atoms with E-state index in [1.165, 1.54) is 0 Å². The molecule has 0 bridgehead atoms. The number of rotatable bonds is 0. The summed E-state index contributed by atoms with van der Waals surface area (Å²) in [5.74, 6) is 1.43. The fourth-order valence-electron chi connectivity index (χ4n) is 1.58. The molecule has 0 saturated carbocycles. The van der Waals surface area contributed by atoms with E-state index in [1.54, 1.807) is 4.90 Å². The summed E-state index contributed by atoms with van der Waals surface area (Å²) in [5.41, 5.74) is 0. The van der Waals surface area contributed by atoms with Gasteiger partial charge in [0.1, 0.15) is 0 Å². The fraction of sp³-hybridized carbons (Fsp3) is 0.889. The van der Waals surface area contributed by atoms with Gasteiger partial charge in [0.25, 0.3) is 0 Å². The van der Waals surface area contributed by atoms with Gasteiger partial charge in [-0.05, 0) is 36.3 Å². The molecule has 0 aliphatic carbocycles. The lowest BCUT2D eigenvalue weighted by molar-refractivity contribution is 0.223. The van der Waals surface area contributed by atoms with Crippen molar-refractivity contribution in [1.29, 1.82) is 0 Å². The molecular formula is C9H16ClNO. The first kappa shape index (κ1) is 9.85. The lowest BCUT2D eigenvalue weighted by atomic mass is 9.92. The highest BCUT2D eigenvalue weighted by Crippen LogP contribution is 2.23. The maximum absolute atomic E-state index is 10.9. The van der Waals surface area contributed by atoms with Crippen molar-refractivity contribution in [2.24, 2.45) is 11.8 Å². The molecule has 12 heavy (non-hydrogen) atoms. The second-order valence-electron chi connectivity index (χ2n) is 3.77. The van der Waals surface area contributed by atoms with Crippen molar-refractivity contribution in [3.63, 3.8) is 0 Å². The number of amides is 1. The molecule has 1 rings (SSSR count). The van der Waals surface area contributed by atoms with Crippen molar-refractivity contribution in [2.75, 3.05) is 13.1 Å². The molecule has 1 heterocycles. The topological polar surface area (TPSA) is 20.3 Å². The average molecular weight is 190 g/mol. The monoisotopic (exact) mass is 189 g/mol. The van der Waals surface area contributed by atoms with E-state index < -0.39 is 0 Å². The van der Waals surface area contributed by atoms with Crippen molar-refractivity contribution in [3.05, 3.63) is 0 Å². The average Bonchev–Trinajstić information content (AvgIpc) is 2.16. The zero-order valence-electron chi connectivity index (χ0n) is 7.72. The number of carbonyl (C=O) groups excluding carboxylic acids is 1. The summed E-state index contributed by atoms with van der Waals surface area (Å²) in [6, 6.07) is 0. The summed E-state index contributed by atoms with van der Waals surface area (Å²) in [6.07, 6.45) is 2.17. The van der Waals surface area contributed by atoms with Crippen LogP contribution in [0.3, 0.4) is 0 Å². The molecule has 0 N–H and O–H groups in total. The minimum Gasteiger partial charge on any atom is -0.329 e. The van der Waals surface area contributed by atoms with Crippen LogP contribution >= 0.6 is 11.6 Å². The van der Waals surface area contributed by atoms with E-state index in [-0.39, 0.29) is 5.37 Å². The summed E-state index contributed by atoms with van der Waals surface area (Å²) in [4.78, 5) is 12.6. The Morgan fingerprint density at radius 3 is 2.00 bits per heavy atom. The Balaban J connectivity index is 2.49. The molecule has 1 aliphatic heterocycles. The molecule has 70 valence electrons. The number of likely N-dealkylation sites (tertiary alicyclic amines) is 1. The number of carbonyl (C=O) groups is 1. The van der Waals surface area contributed by atoms with Crippen LogP contribution in [-0.4, -0.2) is 23.4 Å². The van der Waals surface area contributed by atoms with Crippen molar-refractivity contribution in [3.8, 4) is 0 Å². The minimum atomic E-state index is -0.295. The van der Waals surface area contributed by atoms with Crippen molar-refractivity contribution in [1.82, 2.24) is 4.90 Å². The molecule has 1 saturated heterocycles. The normalized spacial score (nSPS) is 31.4. The van der Waals surface area contributed by atoms with Gasteiger partial charge in [0.15, 0.2) is 0 Å². The van der Waals surface area contributed by atoms with E-state index >= 15 is 0 Å². The molecule has 0 unspecified atom stereocenters. The maximum Gasteiger partial charge on any atom is 0.316 e. The number of hydrogen-bond acceptors (Lipinski definition) is 1. The maximum atomic E-state index is 10.9. The Hall–Kier alpha value is -0.240. The second kappa shape index (κ2) is 4.13. The smallest absolute Gasteiger partial charge is 0.316 e. The van der Waals surface area contributed by atoms with Crippen molar-refractivity contribution >= 4 is 17.0 Å². The highest BCUT2D eigenvalue weighted by molar-refractivity contribution is 6.62. The van der Waals surface area contributed by atoms with Crippen LogP contribution in [0.5, 0.6) is 0 Å². The Morgan fingerprint density at radius 1 is 1.25 bits per heavy atom. The summed E-state index contributed by atoms with van der Waals surface area (Å²) < 4.78 is 0. The molecule has 0 spiro atoms. The van der Waals surface area contributed by atoms with Crippen LogP contribution in [0.2, 0.25) is 0 Å². The predicted molar refractivity (Wildman–Crippen MR) is 50.4 cm³/mol. The van der Waals surface area contributed by atoms with E-state index in [9.17, 15) is 4.79 Å². The van der Waals surface area contributed by atoms with Gasteiger partial charge < -0.3 is 4.90 Å². The lowest BCUT2D eigenvalue weighted by Crippen LogP contribution is -2.27. The van der Waals surface area contributed by atoms with Gasteiger partial charge in [-0.2, -0.15) is 0 Å². The van der Waals surface area contributed by atoms with Gasteiger partial charge in [-0.1, -0.05) is 13.8 Å². The second-order valence-corrected chi connectivity index (χ2v) is 4.10. The molecule has 0 aromatic heterocycles. The highest BCUT2D eigenvalue weighted by Gasteiger charge is 2.21. The fourth-order valence-corrected chi connectivity index (χ4v) is 1.74. The van der Waals surface area contributed by atoms with Crippen molar-refractivity contribution in [2.45, 2.75) is 26.7 Å². The third-order valence-electron chi connectivity index (χ3n) is 2.93. The Kier molecular flexibility index (Phi) is 3.39. The van der Waals surface area contributed by atoms with Crippen LogP contribution in [-0.2, 0) is 0 Å². The summed E-state index contributed by atoms with van der Waals surface area (Å²) >= 11 is 5.41. The van der Waals surface area contributed by atoms with Crippen LogP contribution in [0.1, 0.15) is 26.7 Å². The first-order chi connectivity index (χ1) is 5.61. The molecule has 0 radical (unpaired) electrons. The molecular weight excluding hydrogens is 174 g/mol. The van der Waals surface area contributed by atoms with Crippen molar-refractivity contribution < 1.29 is 4.79 Å². The number of hydrogen-bond donors (Lipinski definition) is 0. The molecule has 1 fully saturated rings. The van der Waals surface area contributed by atoms with E-state index in [0.29, 0.717) is 11.8 Å². The minimum absolute atomic E-state index is 0.295. The van der Waals surface area contributed by atoms with Gasteiger partial charge in [0.2, 0.25) is 0 Å². The van der Waals surface area contributed by atoms with Crippen LogP contribution in [0, 0.1) is 11.8 Å². The van der Waals surface area contributed by atoms with Crippen LogP contribution in [0.25, 0.3) is 0 Å². The van der Waals surface area contributed by atoms with Crippen LogP contribution in [0.4, 0.5) is 4.79 Å². The third kappa shape index (κ3) is 2.37. The summed E-state index contributed by atoms with van der Waals surface area (Å²) in [5, 5.41) is -0.295. The third-order valence-corrected chi connectivity index (χ3v) is 3.17. The largest absolute Gasteiger partial charge is 0.329 e. The SMILES string of the molecule is C[C@@H]1CCN(C(=O)Cl)CC[C@H]1C. The number of nitrogens with zero attached hydrogens (tertiary/aromatic N) is 1. The highest BCUT2D eigenvalue weighted by atomic mass is 35.5. The molecule has 0 aromatic rings. The van der Waals surface area contributed by atoms with E-state index in [1.807, 2.05) is 0 Å². The standard InChI is InChI=1S/C9H16ClNO/c1-7-3-5-11(9(10)12)6-4-8(7)2/h7-8H,3-6H2,1-2H3/t7-,8-/m1/s1. The molecule has 0 aromatic carbocycles.